The summed E-state index contributed by atoms with van der Waals surface area (Å²) in [5.41, 5.74) is -1.70. The topological polar surface area (TPSA) is 95.9 Å². The second-order valence-electron chi connectivity index (χ2n) is 5.28. The number of amides is 2. The molecule has 2 saturated heterocycles. The molecule has 20 heavy (non-hydrogen) atoms. The van der Waals surface area contributed by atoms with Gasteiger partial charge < -0.3 is 15.2 Å². The first-order chi connectivity index (χ1) is 9.22. The van der Waals surface area contributed by atoms with Gasteiger partial charge in [-0.15, -0.1) is 11.8 Å². The predicted octanol–water partition coefficient (Wildman–Crippen LogP) is 0.00220. The van der Waals surface area contributed by atoms with Crippen LogP contribution >= 0.6 is 11.8 Å². The van der Waals surface area contributed by atoms with Crippen LogP contribution < -0.4 is 5.32 Å². The Morgan fingerprint density at radius 3 is 2.55 bits per heavy atom. The standard InChI is InChI=1S/C12H18N2O5S/c1-5-6(15)13-7-8(16)14-9(7)20-11(2,3)12(14,19-4)10(17)18/h7,9H,5H2,1-4H3,(H,13,15)(H,17,18)/t7-,9+,12+/m0/s1. The van der Waals surface area contributed by atoms with Crippen molar-refractivity contribution in [3.63, 3.8) is 0 Å². The van der Waals surface area contributed by atoms with Gasteiger partial charge in [-0.1, -0.05) is 6.92 Å². The van der Waals surface area contributed by atoms with Crippen molar-refractivity contribution < 1.29 is 24.2 Å². The number of carboxylic acid groups (broad SMARTS) is 1. The lowest BCUT2D eigenvalue weighted by atomic mass is 9.91. The Bertz CT molecular complexity index is 480. The van der Waals surface area contributed by atoms with Crippen LogP contribution in [0, 0.1) is 0 Å². The van der Waals surface area contributed by atoms with Gasteiger partial charge in [-0.05, 0) is 13.8 Å². The number of aliphatic carboxylic acids is 1. The van der Waals surface area contributed by atoms with Crippen LogP contribution in [0.5, 0.6) is 0 Å². The smallest absolute Gasteiger partial charge is 0.359 e. The monoisotopic (exact) mass is 302 g/mol. The van der Waals surface area contributed by atoms with Crippen molar-refractivity contribution in [2.75, 3.05) is 7.11 Å². The summed E-state index contributed by atoms with van der Waals surface area (Å²) in [6, 6.07) is -0.678. The number of carbonyl (C=O) groups excluding carboxylic acids is 2. The third-order valence-electron chi connectivity index (χ3n) is 3.84. The van der Waals surface area contributed by atoms with Gasteiger partial charge in [-0.25, -0.2) is 4.79 Å². The number of rotatable bonds is 4. The SMILES string of the molecule is CCC(=O)N[C@H]1C(=O)N2[C@@H]1SC(C)(C)[C@]2(OC)C(=O)O. The molecule has 0 spiro atoms. The number of hydrogen-bond donors (Lipinski definition) is 2. The first-order valence-corrected chi connectivity index (χ1v) is 7.19. The fourth-order valence-electron chi connectivity index (χ4n) is 2.79. The second kappa shape index (κ2) is 4.63. The van der Waals surface area contributed by atoms with E-state index in [1.165, 1.54) is 23.8 Å². The average molecular weight is 302 g/mol. The highest BCUT2D eigenvalue weighted by molar-refractivity contribution is 8.01. The molecule has 0 bridgehead atoms. The van der Waals surface area contributed by atoms with E-state index < -0.39 is 33.8 Å². The molecule has 3 atom stereocenters. The molecule has 7 nitrogen and oxygen atoms in total. The molecule has 0 radical (unpaired) electrons. The van der Waals surface area contributed by atoms with Crippen molar-refractivity contribution in [3.8, 4) is 0 Å². The molecular weight excluding hydrogens is 284 g/mol. The summed E-state index contributed by atoms with van der Waals surface area (Å²) in [7, 11) is 1.28. The Balaban J connectivity index is 2.32. The number of methoxy groups -OCH3 is 1. The van der Waals surface area contributed by atoms with Gasteiger partial charge in [0, 0.05) is 13.5 Å². The molecule has 2 heterocycles. The fraction of sp³-hybridized carbons (Fsp3) is 0.750. The molecule has 0 aromatic rings. The molecular formula is C12H18N2O5S. The highest BCUT2D eigenvalue weighted by Crippen LogP contribution is 2.57. The molecule has 0 saturated carbocycles. The molecule has 0 aromatic carbocycles. The maximum atomic E-state index is 12.2. The van der Waals surface area contributed by atoms with Gasteiger partial charge in [0.1, 0.15) is 11.4 Å². The normalized spacial score (nSPS) is 34.4. The van der Waals surface area contributed by atoms with Gasteiger partial charge in [0.05, 0.1) is 4.75 Å². The molecule has 2 fully saturated rings. The maximum absolute atomic E-state index is 12.2. The number of hydrogen-bond acceptors (Lipinski definition) is 5. The molecule has 0 aliphatic carbocycles. The van der Waals surface area contributed by atoms with Crippen molar-refractivity contribution in [3.05, 3.63) is 0 Å². The minimum Gasteiger partial charge on any atom is -0.478 e. The molecule has 2 amide bonds. The molecule has 2 aliphatic rings. The Kier molecular flexibility index (Phi) is 3.50. The van der Waals surface area contributed by atoms with E-state index >= 15 is 0 Å². The molecule has 2 aliphatic heterocycles. The van der Waals surface area contributed by atoms with Crippen molar-refractivity contribution in [2.45, 2.75) is 49.1 Å². The van der Waals surface area contributed by atoms with Crippen molar-refractivity contribution in [1.29, 1.82) is 0 Å². The molecule has 8 heteroatoms. The zero-order valence-electron chi connectivity index (χ0n) is 11.8. The predicted molar refractivity (Wildman–Crippen MR) is 71.9 cm³/mol. The summed E-state index contributed by atoms with van der Waals surface area (Å²) in [6.07, 6.45) is 0.277. The number of nitrogens with one attached hydrogen (secondary N) is 1. The first kappa shape index (κ1) is 15.1. The average Bonchev–Trinajstić information content (AvgIpc) is 2.61. The van der Waals surface area contributed by atoms with Crippen LogP contribution in [0.15, 0.2) is 0 Å². The van der Waals surface area contributed by atoms with Crippen LogP contribution in [0.3, 0.4) is 0 Å². The molecule has 112 valence electrons. The van der Waals surface area contributed by atoms with Gasteiger partial charge in [0.2, 0.25) is 5.91 Å². The summed E-state index contributed by atoms with van der Waals surface area (Å²) in [5.74, 6) is -1.85. The van der Waals surface area contributed by atoms with E-state index in [0.717, 1.165) is 0 Å². The highest BCUT2D eigenvalue weighted by Gasteiger charge is 2.74. The number of β-lactam (4-membered cyclic amide) rings is 1. The summed E-state index contributed by atoms with van der Waals surface area (Å²) in [6.45, 7) is 5.14. The van der Waals surface area contributed by atoms with Gasteiger partial charge >= 0.3 is 5.97 Å². The van der Waals surface area contributed by atoms with E-state index in [4.69, 9.17) is 4.74 Å². The van der Waals surface area contributed by atoms with Crippen LogP contribution in [0.1, 0.15) is 27.2 Å². The number of nitrogens with zero attached hydrogens (tertiary/aromatic N) is 1. The third-order valence-corrected chi connectivity index (χ3v) is 5.43. The minimum absolute atomic E-state index is 0.230. The van der Waals surface area contributed by atoms with Crippen LogP contribution in [0.2, 0.25) is 0 Å². The van der Waals surface area contributed by atoms with Crippen LogP contribution in [-0.4, -0.2) is 56.8 Å². The third kappa shape index (κ3) is 1.67. The van der Waals surface area contributed by atoms with Crippen LogP contribution in [0.4, 0.5) is 0 Å². The summed E-state index contributed by atoms with van der Waals surface area (Å²) >= 11 is 1.33. The lowest BCUT2D eigenvalue weighted by Crippen LogP contribution is -2.76. The maximum Gasteiger partial charge on any atom is 0.359 e. The minimum atomic E-state index is -1.70. The van der Waals surface area contributed by atoms with E-state index in [0.29, 0.717) is 0 Å². The Labute approximate surface area is 121 Å². The van der Waals surface area contributed by atoms with Crippen molar-refractivity contribution in [2.24, 2.45) is 0 Å². The van der Waals surface area contributed by atoms with Crippen molar-refractivity contribution in [1.82, 2.24) is 10.2 Å². The van der Waals surface area contributed by atoms with Gasteiger partial charge in [-0.3, -0.25) is 14.5 Å². The van der Waals surface area contributed by atoms with E-state index in [1.807, 2.05) is 0 Å². The van der Waals surface area contributed by atoms with Crippen LogP contribution in [-0.2, 0) is 19.1 Å². The van der Waals surface area contributed by atoms with E-state index in [-0.39, 0.29) is 12.3 Å². The molecule has 0 aromatic heterocycles. The lowest BCUT2D eigenvalue weighted by molar-refractivity contribution is -0.211. The zero-order chi connectivity index (χ0) is 15.3. The van der Waals surface area contributed by atoms with Crippen molar-refractivity contribution >= 4 is 29.5 Å². The van der Waals surface area contributed by atoms with E-state index in [2.05, 4.69) is 5.32 Å². The molecule has 2 N–H and O–H groups in total. The van der Waals surface area contributed by atoms with Gasteiger partial charge in [0.25, 0.3) is 11.6 Å². The number of fused-ring (bicyclic) bond motifs is 1. The zero-order valence-corrected chi connectivity index (χ0v) is 12.6. The summed E-state index contributed by atoms with van der Waals surface area (Å²) in [5, 5.41) is 11.7. The summed E-state index contributed by atoms with van der Waals surface area (Å²) in [4.78, 5) is 36.5. The fourth-order valence-corrected chi connectivity index (χ4v) is 4.50. The summed E-state index contributed by atoms with van der Waals surface area (Å²) < 4.78 is 4.41. The first-order valence-electron chi connectivity index (χ1n) is 6.31. The van der Waals surface area contributed by atoms with E-state index in [9.17, 15) is 19.5 Å². The van der Waals surface area contributed by atoms with Crippen LogP contribution in [0.25, 0.3) is 0 Å². The van der Waals surface area contributed by atoms with E-state index in [1.54, 1.807) is 20.8 Å². The second-order valence-corrected chi connectivity index (χ2v) is 7.02. The Morgan fingerprint density at radius 2 is 2.10 bits per heavy atom. The lowest BCUT2D eigenvalue weighted by Gasteiger charge is -2.48. The molecule has 0 unspecified atom stereocenters. The number of thioether (sulfide) groups is 1. The van der Waals surface area contributed by atoms with Gasteiger partial charge in [0.15, 0.2) is 0 Å². The highest BCUT2D eigenvalue weighted by atomic mass is 32.2. The molecule has 2 rings (SSSR count). The number of carbonyl (C=O) groups is 3. The largest absolute Gasteiger partial charge is 0.478 e. The number of carboxylic acids is 1. The van der Waals surface area contributed by atoms with Gasteiger partial charge in [-0.2, -0.15) is 0 Å². The Morgan fingerprint density at radius 1 is 1.50 bits per heavy atom. The number of ether oxygens (including phenoxy) is 1. The quantitative estimate of drug-likeness (QED) is 0.710. The Hall–Kier alpha value is -1.28.